The van der Waals surface area contributed by atoms with Crippen LogP contribution in [0.25, 0.3) is 0 Å². The number of unbranched alkanes of at least 4 members (excludes halogenated alkanes) is 32. The second-order valence-corrected chi connectivity index (χ2v) is 18.2. The molecule has 1 amide bonds. The zero-order valence-corrected chi connectivity index (χ0v) is 41.1. The van der Waals surface area contributed by atoms with Gasteiger partial charge in [0.15, 0.2) is 0 Å². The maximum Gasteiger partial charge on any atom is 0.305 e. The average Bonchev–Trinajstić information content (AvgIpc) is 3.27. The Hall–Kier alpha value is -2.18. The Morgan fingerprint density at radius 3 is 1.27 bits per heavy atom. The van der Waals surface area contributed by atoms with Crippen molar-refractivity contribution in [1.29, 1.82) is 0 Å². The van der Waals surface area contributed by atoms with Gasteiger partial charge in [0.05, 0.1) is 25.4 Å². The Bertz CT molecular complexity index is 1050. The van der Waals surface area contributed by atoms with Crippen LogP contribution in [0, 0.1) is 0 Å². The first kappa shape index (κ1) is 59.8. The van der Waals surface area contributed by atoms with Crippen molar-refractivity contribution >= 4 is 11.9 Å². The first-order chi connectivity index (χ1) is 30.5. The van der Waals surface area contributed by atoms with E-state index in [2.05, 4.69) is 49.5 Å². The Morgan fingerprint density at radius 1 is 0.452 bits per heavy atom. The molecule has 0 aromatic heterocycles. The molecule has 0 saturated heterocycles. The molecule has 0 aromatic rings. The molecule has 0 bridgehead atoms. The second kappa shape index (κ2) is 51.5. The highest BCUT2D eigenvalue weighted by molar-refractivity contribution is 5.76. The molecule has 0 spiro atoms. The molecule has 6 heteroatoms. The van der Waals surface area contributed by atoms with Crippen LogP contribution in [0.2, 0.25) is 0 Å². The Kier molecular flexibility index (Phi) is 49.6. The number of rotatable bonds is 49. The summed E-state index contributed by atoms with van der Waals surface area (Å²) < 4.78 is 5.45. The van der Waals surface area contributed by atoms with Gasteiger partial charge in [-0.25, -0.2) is 0 Å². The van der Waals surface area contributed by atoms with Gasteiger partial charge in [0.2, 0.25) is 5.91 Å². The summed E-state index contributed by atoms with van der Waals surface area (Å²) in [4.78, 5) is 24.4. The highest BCUT2D eigenvalue weighted by Gasteiger charge is 2.17. The summed E-state index contributed by atoms with van der Waals surface area (Å²) in [5, 5.41) is 23.0. The van der Waals surface area contributed by atoms with Crippen molar-refractivity contribution in [2.75, 3.05) is 13.2 Å². The third-order valence-corrected chi connectivity index (χ3v) is 12.1. The summed E-state index contributed by atoms with van der Waals surface area (Å²) in [5.74, 6) is -0.176. The zero-order chi connectivity index (χ0) is 45.1. The van der Waals surface area contributed by atoms with Crippen molar-refractivity contribution in [3.8, 4) is 0 Å². The van der Waals surface area contributed by atoms with Gasteiger partial charge < -0.3 is 20.3 Å². The predicted octanol–water partition coefficient (Wildman–Crippen LogP) is 16.2. The molecule has 2 atom stereocenters. The van der Waals surface area contributed by atoms with Crippen LogP contribution in [-0.2, 0) is 14.3 Å². The number of amides is 1. The quantitative estimate of drug-likeness (QED) is 0.0322. The fourth-order valence-electron chi connectivity index (χ4n) is 7.91. The third-order valence-electron chi connectivity index (χ3n) is 12.1. The summed E-state index contributed by atoms with van der Waals surface area (Å²) in [7, 11) is 0. The third kappa shape index (κ3) is 47.3. The van der Waals surface area contributed by atoms with E-state index in [9.17, 15) is 19.8 Å². The molecule has 0 aromatic carbocycles. The van der Waals surface area contributed by atoms with E-state index in [1.165, 1.54) is 186 Å². The number of hydrogen-bond acceptors (Lipinski definition) is 5. The minimum absolute atomic E-state index is 0.0270. The molecule has 0 rings (SSSR count). The Morgan fingerprint density at radius 2 is 0.823 bits per heavy atom. The highest BCUT2D eigenvalue weighted by atomic mass is 16.5. The second-order valence-electron chi connectivity index (χ2n) is 18.2. The number of aliphatic hydroxyl groups is 2. The van der Waals surface area contributed by atoms with Crippen molar-refractivity contribution in [3.05, 3.63) is 48.6 Å². The first-order valence-corrected chi connectivity index (χ1v) is 26.9. The Labute approximate surface area is 385 Å². The van der Waals surface area contributed by atoms with E-state index in [-0.39, 0.29) is 18.5 Å². The molecule has 0 aliphatic carbocycles. The highest BCUT2D eigenvalue weighted by Crippen LogP contribution is 2.15. The average molecular weight is 870 g/mol. The molecular weight excluding hydrogens is 767 g/mol. The first-order valence-electron chi connectivity index (χ1n) is 26.9. The minimum atomic E-state index is -0.880. The van der Waals surface area contributed by atoms with E-state index in [4.69, 9.17) is 4.74 Å². The normalized spacial score (nSPS) is 13.0. The minimum Gasteiger partial charge on any atom is -0.466 e. The predicted molar refractivity (Wildman–Crippen MR) is 269 cm³/mol. The molecule has 62 heavy (non-hydrogen) atoms. The lowest BCUT2D eigenvalue weighted by Crippen LogP contribution is -2.45. The lowest BCUT2D eigenvalue weighted by Gasteiger charge is -2.19. The molecule has 0 aliphatic rings. The molecule has 0 fully saturated rings. The van der Waals surface area contributed by atoms with Gasteiger partial charge in [-0.3, -0.25) is 9.59 Å². The lowest BCUT2D eigenvalue weighted by atomic mass is 10.0. The van der Waals surface area contributed by atoms with Crippen LogP contribution in [0.1, 0.15) is 271 Å². The van der Waals surface area contributed by atoms with Gasteiger partial charge >= 0.3 is 5.97 Å². The Balaban J connectivity index is 3.59. The van der Waals surface area contributed by atoms with E-state index in [1.54, 1.807) is 6.08 Å². The van der Waals surface area contributed by atoms with E-state index >= 15 is 0 Å². The van der Waals surface area contributed by atoms with Crippen molar-refractivity contribution in [2.24, 2.45) is 0 Å². The number of carbonyl (C=O) groups excluding carboxylic acids is 2. The number of carbonyl (C=O) groups is 2. The topological polar surface area (TPSA) is 95.9 Å². The van der Waals surface area contributed by atoms with Crippen molar-refractivity contribution < 1.29 is 24.5 Å². The summed E-state index contributed by atoms with van der Waals surface area (Å²) >= 11 is 0. The van der Waals surface area contributed by atoms with Crippen molar-refractivity contribution in [2.45, 2.75) is 283 Å². The standard InChI is InChI=1S/C56H103NO5/c1-3-5-7-9-11-13-15-17-19-20-22-24-28-32-36-40-44-48-54(59)53(52-58)57-55(60)49-45-41-37-33-29-25-23-27-31-35-39-43-47-51-62-56(61)50-46-42-38-34-30-26-21-18-16-14-12-10-8-6-4-2/h18,21,25,29,37,41,44,48,53-54,58-59H,3-17,19-20,22-24,26-28,30-36,38-40,42-43,45-47,49-52H2,1-2H3,(H,57,60)/b21-18-,29-25-,41-37-,48-44+. The van der Waals surface area contributed by atoms with Crippen molar-refractivity contribution in [1.82, 2.24) is 5.32 Å². The van der Waals surface area contributed by atoms with Gasteiger partial charge in [-0.2, -0.15) is 0 Å². The smallest absolute Gasteiger partial charge is 0.305 e. The van der Waals surface area contributed by atoms with Gasteiger partial charge in [0.1, 0.15) is 0 Å². The van der Waals surface area contributed by atoms with Gasteiger partial charge in [-0.15, -0.1) is 0 Å². The van der Waals surface area contributed by atoms with Gasteiger partial charge in [-0.1, -0.05) is 229 Å². The van der Waals surface area contributed by atoms with Crippen LogP contribution in [0.15, 0.2) is 48.6 Å². The molecule has 0 aliphatic heterocycles. The maximum atomic E-state index is 12.4. The van der Waals surface area contributed by atoms with Gasteiger partial charge in [0.25, 0.3) is 0 Å². The van der Waals surface area contributed by atoms with Crippen LogP contribution >= 0.6 is 0 Å². The molecule has 0 heterocycles. The maximum absolute atomic E-state index is 12.4. The summed E-state index contributed by atoms with van der Waals surface area (Å²) in [6, 6.07) is -0.673. The van der Waals surface area contributed by atoms with E-state index in [1.807, 2.05) is 12.2 Å². The fourth-order valence-corrected chi connectivity index (χ4v) is 7.91. The summed E-state index contributed by atoms with van der Waals surface area (Å²) in [6.45, 7) is 4.83. The fraction of sp³-hybridized carbons (Fsp3) is 0.821. The number of allylic oxidation sites excluding steroid dienone is 7. The van der Waals surface area contributed by atoms with E-state index in [0.717, 1.165) is 51.4 Å². The van der Waals surface area contributed by atoms with Crippen LogP contribution in [0.4, 0.5) is 0 Å². The van der Waals surface area contributed by atoms with Crippen molar-refractivity contribution in [3.63, 3.8) is 0 Å². The van der Waals surface area contributed by atoms with Gasteiger partial charge in [-0.05, 0) is 77.0 Å². The van der Waals surface area contributed by atoms with Crippen LogP contribution in [-0.4, -0.2) is 47.4 Å². The monoisotopic (exact) mass is 870 g/mol. The molecule has 0 radical (unpaired) electrons. The number of nitrogens with one attached hydrogen (secondary N) is 1. The number of esters is 1. The molecule has 3 N–H and O–H groups in total. The van der Waals surface area contributed by atoms with Crippen LogP contribution in [0.5, 0.6) is 0 Å². The molecule has 2 unspecified atom stereocenters. The molecular formula is C56H103NO5. The zero-order valence-electron chi connectivity index (χ0n) is 41.1. The van der Waals surface area contributed by atoms with Gasteiger partial charge in [0, 0.05) is 12.8 Å². The van der Waals surface area contributed by atoms with E-state index in [0.29, 0.717) is 25.9 Å². The van der Waals surface area contributed by atoms with E-state index < -0.39 is 12.1 Å². The lowest BCUT2D eigenvalue weighted by molar-refractivity contribution is -0.143. The molecule has 6 nitrogen and oxygen atoms in total. The number of aliphatic hydroxyl groups excluding tert-OH is 2. The largest absolute Gasteiger partial charge is 0.466 e. The summed E-state index contributed by atoms with van der Waals surface area (Å²) in [6.07, 6.45) is 64.1. The molecule has 0 saturated carbocycles. The summed E-state index contributed by atoms with van der Waals surface area (Å²) in [5.41, 5.74) is 0. The number of hydrogen-bond donors (Lipinski definition) is 3. The number of ether oxygens (including phenoxy) is 1. The van der Waals surface area contributed by atoms with Crippen LogP contribution in [0.3, 0.4) is 0 Å². The SMILES string of the molecule is CCCCCCCC/C=C\CCCCCCCC(=O)OCCCCCCCC/C=C\C/C=C\CCC(=O)NC(CO)C(O)/C=C/CCCCCCCCCCCCCCCCC. The van der Waals surface area contributed by atoms with Crippen LogP contribution < -0.4 is 5.32 Å². The molecule has 362 valence electrons.